The van der Waals surface area contributed by atoms with Crippen molar-refractivity contribution in [2.45, 2.75) is 41.5 Å². The van der Waals surface area contributed by atoms with Crippen LogP contribution in [-0.4, -0.2) is 0 Å². The van der Waals surface area contributed by atoms with E-state index in [4.69, 9.17) is 0 Å². The molecule has 6 rings (SSSR count). The van der Waals surface area contributed by atoms with Crippen molar-refractivity contribution >= 4 is 32.3 Å². The van der Waals surface area contributed by atoms with E-state index in [2.05, 4.69) is 133 Å². The van der Waals surface area contributed by atoms with Crippen LogP contribution in [0, 0.1) is 41.5 Å². The maximum Gasteiger partial charge on any atom is 2.00 e. The van der Waals surface area contributed by atoms with Crippen LogP contribution in [0.25, 0.3) is 32.3 Å². The molecular formula is C33H33Br3Ti3. The van der Waals surface area contributed by atoms with Crippen molar-refractivity contribution in [1.29, 1.82) is 0 Å². The van der Waals surface area contributed by atoms with Gasteiger partial charge >= 0.3 is 65.2 Å². The van der Waals surface area contributed by atoms with Crippen LogP contribution in [0.15, 0.2) is 91.0 Å². The van der Waals surface area contributed by atoms with Gasteiger partial charge in [-0.05, 0) is 20.8 Å². The zero-order valence-corrected chi connectivity index (χ0v) is 32.7. The molecule has 0 spiro atoms. The minimum absolute atomic E-state index is 0. The third-order valence-corrected chi connectivity index (χ3v) is 6.75. The predicted octanol–water partition coefficient (Wildman–Crippen LogP) is 0.531. The van der Waals surface area contributed by atoms with Gasteiger partial charge in [-0.1, -0.05) is 55.7 Å². The summed E-state index contributed by atoms with van der Waals surface area (Å²) in [6.07, 6.45) is 0. The van der Waals surface area contributed by atoms with Gasteiger partial charge in [-0.15, -0.1) is 85.4 Å². The monoisotopic (exact) mass is 810 g/mol. The van der Waals surface area contributed by atoms with Crippen LogP contribution in [0.4, 0.5) is 0 Å². The molecule has 0 aliphatic heterocycles. The molecule has 0 aliphatic carbocycles. The molecule has 6 heteroatoms. The fourth-order valence-corrected chi connectivity index (χ4v) is 4.61. The van der Waals surface area contributed by atoms with E-state index in [0.717, 1.165) is 0 Å². The average Bonchev–Trinajstić information content (AvgIpc) is 3.57. The fraction of sp³-hybridized carbons (Fsp3) is 0.182. The Morgan fingerprint density at radius 3 is 0.744 bits per heavy atom. The predicted molar refractivity (Wildman–Crippen MR) is 147 cm³/mol. The van der Waals surface area contributed by atoms with Gasteiger partial charge in [0.25, 0.3) is 0 Å². The second-order valence-electron chi connectivity index (χ2n) is 9.16. The van der Waals surface area contributed by atoms with Gasteiger partial charge in [0.15, 0.2) is 0 Å². The number of fused-ring (bicyclic) bond motifs is 3. The van der Waals surface area contributed by atoms with Gasteiger partial charge in [0.1, 0.15) is 0 Å². The molecule has 198 valence electrons. The van der Waals surface area contributed by atoms with Crippen molar-refractivity contribution in [3.63, 3.8) is 0 Å². The summed E-state index contributed by atoms with van der Waals surface area (Å²) in [5.74, 6) is 0. The zero-order valence-electron chi connectivity index (χ0n) is 23.3. The maximum atomic E-state index is 2.18. The molecule has 0 N–H and O–H groups in total. The quantitative estimate of drug-likeness (QED) is 0.155. The van der Waals surface area contributed by atoms with Crippen LogP contribution >= 0.6 is 0 Å². The molecule has 0 aliphatic rings. The molecule has 0 saturated carbocycles. The largest absolute Gasteiger partial charge is 2.00 e. The molecule has 39 heavy (non-hydrogen) atoms. The van der Waals surface area contributed by atoms with E-state index in [1.807, 2.05) is 0 Å². The Morgan fingerprint density at radius 2 is 0.538 bits per heavy atom. The van der Waals surface area contributed by atoms with Crippen molar-refractivity contribution in [3.05, 3.63) is 124 Å². The van der Waals surface area contributed by atoms with Crippen molar-refractivity contribution in [1.82, 2.24) is 0 Å². The first-order chi connectivity index (χ1) is 15.9. The van der Waals surface area contributed by atoms with E-state index in [9.17, 15) is 0 Å². The van der Waals surface area contributed by atoms with Crippen molar-refractivity contribution in [2.24, 2.45) is 0 Å². The van der Waals surface area contributed by atoms with Crippen LogP contribution in [0.5, 0.6) is 0 Å². The number of aryl methyl sites for hydroxylation is 6. The van der Waals surface area contributed by atoms with E-state index in [1.54, 1.807) is 0 Å². The average molecular weight is 813 g/mol. The molecule has 0 radical (unpaired) electrons. The van der Waals surface area contributed by atoms with Crippen LogP contribution in [0.1, 0.15) is 33.4 Å². The minimum atomic E-state index is 0. The third kappa shape index (κ3) is 10.4. The summed E-state index contributed by atoms with van der Waals surface area (Å²) >= 11 is 0. The standard InChI is InChI=1S/3C11H11.3BrH.3Ti/c3*1-8-6-7-9(2)11-5-3-4-10(8)11;;;;;;/h3*3-7H,1-2H3;3*1H;;;/q3*-1;;;;3*+2/p-3. The molecule has 0 aromatic heterocycles. The maximum absolute atomic E-state index is 2.18. The SMILES string of the molecule is Cc1ccc(C)c2[cH-]ccc12.Cc1ccc(C)c2[cH-]ccc12.Cc1ccc(C)c2[cH-]ccc12.[Br-].[Br-].[Br-].[Ti+2].[Ti+2].[Ti+2]. The number of hydrogen-bond acceptors (Lipinski definition) is 0. The number of halogens is 3. The molecule has 0 atom stereocenters. The third-order valence-electron chi connectivity index (χ3n) is 6.75. The van der Waals surface area contributed by atoms with Crippen molar-refractivity contribution < 1.29 is 116 Å². The summed E-state index contributed by atoms with van der Waals surface area (Å²) in [7, 11) is 0. The van der Waals surface area contributed by atoms with Crippen molar-refractivity contribution in [2.75, 3.05) is 0 Å². The summed E-state index contributed by atoms with van der Waals surface area (Å²) < 4.78 is 0. The summed E-state index contributed by atoms with van der Waals surface area (Å²) in [5, 5.41) is 8.36. The van der Waals surface area contributed by atoms with Gasteiger partial charge < -0.3 is 50.9 Å². The molecule has 0 amide bonds. The van der Waals surface area contributed by atoms with Gasteiger partial charge in [-0.2, -0.15) is 36.4 Å². The first-order valence-corrected chi connectivity index (χ1v) is 11.7. The van der Waals surface area contributed by atoms with Crippen LogP contribution < -0.4 is 50.9 Å². The fourth-order valence-electron chi connectivity index (χ4n) is 4.61. The van der Waals surface area contributed by atoms with E-state index < -0.39 is 0 Å². The topological polar surface area (TPSA) is 0 Å². The smallest absolute Gasteiger partial charge is 1.00 e. The Bertz CT molecular complexity index is 1250. The summed E-state index contributed by atoms with van der Waals surface area (Å²) in [4.78, 5) is 0. The molecule has 6 aromatic carbocycles. The van der Waals surface area contributed by atoms with Gasteiger partial charge in [-0.3, -0.25) is 0 Å². The Labute approximate surface area is 310 Å². The van der Waals surface area contributed by atoms with E-state index in [0.29, 0.717) is 0 Å². The number of benzene rings is 3. The first kappa shape index (κ1) is 43.5. The summed E-state index contributed by atoms with van der Waals surface area (Å²) in [5.41, 5.74) is 8.23. The molecule has 0 nitrogen and oxygen atoms in total. The molecule has 0 unspecified atom stereocenters. The van der Waals surface area contributed by atoms with E-state index >= 15 is 0 Å². The molecule has 0 fully saturated rings. The number of hydrogen-bond donors (Lipinski definition) is 0. The molecule has 0 saturated heterocycles. The minimum Gasteiger partial charge on any atom is -1.00 e. The van der Waals surface area contributed by atoms with Gasteiger partial charge in [0.2, 0.25) is 0 Å². The summed E-state index contributed by atoms with van der Waals surface area (Å²) in [6.45, 7) is 12.9. The van der Waals surface area contributed by atoms with Crippen LogP contribution in [-0.2, 0) is 65.2 Å². The van der Waals surface area contributed by atoms with E-state index in [-0.39, 0.29) is 116 Å². The summed E-state index contributed by atoms with van der Waals surface area (Å²) in [6, 6.07) is 32.5. The first-order valence-electron chi connectivity index (χ1n) is 11.7. The molecule has 6 aromatic rings. The Kier molecular flexibility index (Phi) is 22.4. The van der Waals surface area contributed by atoms with Crippen LogP contribution in [0.3, 0.4) is 0 Å². The Hall–Kier alpha value is 0.0729. The van der Waals surface area contributed by atoms with Gasteiger partial charge in [-0.25, -0.2) is 0 Å². The zero-order chi connectivity index (χ0) is 23.5. The normalized spacial score (nSPS) is 9.08. The van der Waals surface area contributed by atoms with Gasteiger partial charge in [0, 0.05) is 0 Å². The second kappa shape index (κ2) is 20.1. The molecule has 0 heterocycles. The second-order valence-corrected chi connectivity index (χ2v) is 9.16. The molecular weight excluding hydrogens is 780 g/mol. The van der Waals surface area contributed by atoms with Crippen LogP contribution in [0.2, 0.25) is 0 Å². The Morgan fingerprint density at radius 1 is 0.333 bits per heavy atom. The number of rotatable bonds is 0. The van der Waals surface area contributed by atoms with Crippen molar-refractivity contribution in [3.8, 4) is 0 Å². The molecule has 0 bridgehead atoms. The van der Waals surface area contributed by atoms with E-state index in [1.165, 1.54) is 65.7 Å². The van der Waals surface area contributed by atoms with Gasteiger partial charge in [0.05, 0.1) is 0 Å². The Balaban J connectivity index is -0.000000463.